The number of benzene rings is 1. The molecule has 0 aromatic heterocycles. The second kappa shape index (κ2) is 14.2. The van der Waals surface area contributed by atoms with Gasteiger partial charge in [-0.2, -0.15) is 41.3 Å². The first kappa shape index (κ1) is 25.1. The van der Waals surface area contributed by atoms with Gasteiger partial charge in [-0.1, -0.05) is 25.8 Å². The first-order valence-corrected chi connectivity index (χ1v) is 13.5. The van der Waals surface area contributed by atoms with Crippen molar-refractivity contribution in [3.63, 3.8) is 0 Å². The van der Waals surface area contributed by atoms with E-state index >= 15 is 0 Å². The standard InChI is InChI=1S/C9H7.C8H11.C2H6Si.2ClH.Zr/c1-2-5-9-7-3-6-8(9)4-1;1-7(2)8-5-3-4-6-8;1-3-2;;;/h1-7H;3-7H,1-2H3;1-2H3;2*1H;/q2*-1;;;;+2/p-2. The Morgan fingerprint density at radius 3 is 2.00 bits per heavy atom. The van der Waals surface area contributed by atoms with E-state index in [2.05, 4.69) is 93.7 Å². The Kier molecular flexibility index (Phi) is 15.5. The van der Waals surface area contributed by atoms with Crippen molar-refractivity contribution >= 4 is 16.2 Å². The van der Waals surface area contributed by atoms with Gasteiger partial charge >= 0.3 is 41.9 Å². The van der Waals surface area contributed by atoms with E-state index in [-0.39, 0.29) is 30.2 Å². The van der Waals surface area contributed by atoms with Crippen LogP contribution in [0.3, 0.4) is 0 Å². The molecule has 4 heteroatoms. The van der Waals surface area contributed by atoms with Gasteiger partial charge in [0.25, 0.3) is 0 Å². The maximum absolute atomic E-state index is 2.31. The third kappa shape index (κ3) is 11.1. The Hall–Kier alpha value is -0.140. The van der Waals surface area contributed by atoms with Crippen LogP contribution in [0.2, 0.25) is 13.1 Å². The van der Waals surface area contributed by atoms with E-state index in [0.717, 1.165) is 0 Å². The molecule has 0 saturated heterocycles. The molecule has 0 aliphatic heterocycles. The molecule has 0 spiro atoms. The van der Waals surface area contributed by atoms with Crippen molar-refractivity contribution in [3.05, 3.63) is 72.3 Å². The largest absolute Gasteiger partial charge is 1.00 e. The summed E-state index contributed by atoms with van der Waals surface area (Å²) in [6, 6.07) is 23.1. The zero-order valence-electron chi connectivity index (χ0n) is 14.2. The summed E-state index contributed by atoms with van der Waals surface area (Å²) in [4.78, 5) is 0. The Morgan fingerprint density at radius 2 is 1.57 bits per heavy atom. The Balaban J connectivity index is 0. The fourth-order valence-electron chi connectivity index (χ4n) is 1.84. The van der Waals surface area contributed by atoms with E-state index in [1.165, 1.54) is 16.3 Å². The Morgan fingerprint density at radius 1 is 0.957 bits per heavy atom. The van der Waals surface area contributed by atoms with Gasteiger partial charge in [-0.25, -0.2) is 6.07 Å². The van der Waals surface area contributed by atoms with Crippen molar-refractivity contribution in [2.75, 3.05) is 0 Å². The number of halogens is 2. The topological polar surface area (TPSA) is 0 Å². The van der Waals surface area contributed by atoms with Crippen molar-refractivity contribution < 1.29 is 48.1 Å². The molecule has 0 heterocycles. The molecule has 3 rings (SSSR count). The smallest absolute Gasteiger partial charge is 0.0809 e. The van der Waals surface area contributed by atoms with Gasteiger partial charge in [0.1, 0.15) is 0 Å². The zero-order chi connectivity index (χ0) is 15.7. The molecule has 23 heavy (non-hydrogen) atoms. The average Bonchev–Trinajstić information content (AvgIpc) is 3.10. The molecule has 0 atom stereocenters. The number of hydrogen-bond donors (Lipinski definition) is 0. The fourth-order valence-corrected chi connectivity index (χ4v) is 1.84. The molecule has 0 amide bonds. The maximum atomic E-state index is 2.31. The average molecular weight is 443 g/mol. The molecule has 0 bridgehead atoms. The molecule has 0 saturated carbocycles. The SMILES string of the molecule is CC(C)c1cc[cH-]c1.C[Si](C)=[Zr+2].[Cl-].[Cl-].c1ccc2[cH-]ccc2c1. The van der Waals surface area contributed by atoms with Crippen LogP contribution in [-0.2, 0) is 23.3 Å². The van der Waals surface area contributed by atoms with Crippen molar-refractivity contribution in [2.24, 2.45) is 0 Å². The van der Waals surface area contributed by atoms with Crippen molar-refractivity contribution in [2.45, 2.75) is 32.9 Å². The third-order valence-corrected chi connectivity index (χ3v) is 2.90. The molecule has 0 unspecified atom stereocenters. The molecular formula is C19H24Cl2SiZr-2. The van der Waals surface area contributed by atoms with Crippen molar-refractivity contribution in [1.29, 1.82) is 0 Å². The van der Waals surface area contributed by atoms with Crippen molar-refractivity contribution in [1.82, 2.24) is 0 Å². The number of fused-ring (bicyclic) bond motifs is 1. The molecule has 0 N–H and O–H groups in total. The minimum Gasteiger partial charge on any atom is -1.00 e. The molecule has 0 aliphatic rings. The van der Waals surface area contributed by atoms with Crippen LogP contribution in [0.1, 0.15) is 25.3 Å². The molecule has 124 valence electrons. The van der Waals surface area contributed by atoms with Gasteiger partial charge in [0, 0.05) is 0 Å². The summed E-state index contributed by atoms with van der Waals surface area (Å²) < 4.78 is 0. The molecular weight excluding hydrogens is 418 g/mol. The second-order valence-electron chi connectivity index (χ2n) is 5.53. The quantitative estimate of drug-likeness (QED) is 0.364. The molecule has 3 aromatic carbocycles. The molecule has 0 radical (unpaired) electrons. The van der Waals surface area contributed by atoms with E-state index < -0.39 is 0 Å². The molecule has 0 fully saturated rings. The summed E-state index contributed by atoms with van der Waals surface area (Å²) >= 11 is 1.74. The molecule has 3 aromatic rings. The summed E-state index contributed by atoms with van der Waals surface area (Å²) in [5, 5.41) is 2.66. The maximum Gasteiger partial charge on any atom is -0.0809 e. The van der Waals surface area contributed by atoms with Gasteiger partial charge in [-0.15, -0.1) is 29.7 Å². The Labute approximate surface area is 168 Å². The van der Waals surface area contributed by atoms with E-state index in [9.17, 15) is 0 Å². The van der Waals surface area contributed by atoms with Gasteiger partial charge in [-0.3, -0.25) is 0 Å². The third-order valence-electron chi connectivity index (χ3n) is 2.90. The number of rotatable bonds is 1. The van der Waals surface area contributed by atoms with Crippen LogP contribution < -0.4 is 24.8 Å². The number of hydrogen-bond acceptors (Lipinski definition) is 0. The summed E-state index contributed by atoms with van der Waals surface area (Å²) in [5.41, 5.74) is 1.65. The molecule has 0 nitrogen and oxygen atoms in total. The predicted molar refractivity (Wildman–Crippen MR) is 93.1 cm³/mol. The van der Waals surface area contributed by atoms with Gasteiger partial charge in [0.05, 0.1) is 0 Å². The van der Waals surface area contributed by atoms with E-state index in [4.69, 9.17) is 0 Å². The first-order chi connectivity index (χ1) is 10.0. The molecule has 0 aliphatic carbocycles. The van der Waals surface area contributed by atoms with Crippen LogP contribution in [0.4, 0.5) is 0 Å². The first-order valence-electron chi connectivity index (χ1n) is 7.34. The zero-order valence-corrected chi connectivity index (χ0v) is 19.2. The predicted octanol–water partition coefficient (Wildman–Crippen LogP) is -0.120. The normalized spacial score (nSPS) is 8.83. The summed E-state index contributed by atoms with van der Waals surface area (Å²) in [6.45, 7) is 9.02. The minimum absolute atomic E-state index is 0. The Bertz CT molecular complexity index is 608. The summed E-state index contributed by atoms with van der Waals surface area (Å²) in [7, 11) is 0. The van der Waals surface area contributed by atoms with E-state index in [1.807, 2.05) is 0 Å². The van der Waals surface area contributed by atoms with Crippen LogP contribution in [0.15, 0.2) is 66.7 Å². The second-order valence-corrected chi connectivity index (χ2v) is 14.9. The van der Waals surface area contributed by atoms with Gasteiger partial charge in [0.2, 0.25) is 0 Å². The minimum atomic E-state index is 0. The van der Waals surface area contributed by atoms with Crippen LogP contribution >= 0.6 is 0 Å². The van der Waals surface area contributed by atoms with Crippen LogP contribution in [0.25, 0.3) is 10.8 Å². The van der Waals surface area contributed by atoms with Crippen molar-refractivity contribution in [3.8, 4) is 0 Å². The van der Waals surface area contributed by atoms with Crippen LogP contribution in [0.5, 0.6) is 0 Å². The van der Waals surface area contributed by atoms with Gasteiger partial charge < -0.3 is 24.8 Å². The van der Waals surface area contributed by atoms with Crippen LogP contribution in [0, 0.1) is 0 Å². The van der Waals surface area contributed by atoms with Gasteiger partial charge in [0.15, 0.2) is 0 Å². The fraction of sp³-hybridized carbons (Fsp3) is 0.263. The monoisotopic (exact) mass is 440 g/mol. The van der Waals surface area contributed by atoms with Gasteiger partial charge in [-0.05, 0) is 0 Å². The van der Waals surface area contributed by atoms with Crippen LogP contribution in [-0.4, -0.2) is 5.43 Å². The van der Waals surface area contributed by atoms with E-state index in [1.54, 1.807) is 23.3 Å². The summed E-state index contributed by atoms with van der Waals surface area (Å²) in [6.07, 6.45) is 0. The van der Waals surface area contributed by atoms with E-state index in [0.29, 0.717) is 5.92 Å². The summed E-state index contributed by atoms with van der Waals surface area (Å²) in [5.74, 6) is 0.685.